The number of para-hydroxylation sites is 1. The highest BCUT2D eigenvalue weighted by atomic mass is 35.5. The molecule has 1 N–H and O–H groups in total. The molecule has 2 amide bonds. The highest BCUT2D eigenvalue weighted by molar-refractivity contribution is 7.92. The third kappa shape index (κ3) is 7.74. The van der Waals surface area contributed by atoms with Gasteiger partial charge in [-0.15, -0.1) is 0 Å². The summed E-state index contributed by atoms with van der Waals surface area (Å²) >= 11 is 6.25. The van der Waals surface area contributed by atoms with Crippen molar-refractivity contribution in [3.05, 3.63) is 64.7 Å². The molecule has 0 unspecified atom stereocenters. The van der Waals surface area contributed by atoms with Gasteiger partial charge in [-0.1, -0.05) is 60.5 Å². The molecule has 34 heavy (non-hydrogen) atoms. The van der Waals surface area contributed by atoms with E-state index in [2.05, 4.69) is 5.32 Å². The molecular weight excluding hydrogens is 474 g/mol. The van der Waals surface area contributed by atoms with Gasteiger partial charge in [0.15, 0.2) is 0 Å². The van der Waals surface area contributed by atoms with E-state index in [-0.39, 0.29) is 23.2 Å². The van der Waals surface area contributed by atoms with Crippen molar-refractivity contribution in [3.63, 3.8) is 0 Å². The van der Waals surface area contributed by atoms with Crippen LogP contribution in [0.4, 0.5) is 5.69 Å². The van der Waals surface area contributed by atoms with Gasteiger partial charge in [0, 0.05) is 12.1 Å². The maximum Gasteiger partial charge on any atom is 0.244 e. The van der Waals surface area contributed by atoms with Crippen molar-refractivity contribution in [1.29, 1.82) is 0 Å². The number of nitrogens with zero attached hydrogens (tertiary/aromatic N) is 2. The van der Waals surface area contributed by atoms with Gasteiger partial charge in [0.25, 0.3) is 0 Å². The first-order valence-corrected chi connectivity index (χ1v) is 13.3. The van der Waals surface area contributed by atoms with Crippen molar-refractivity contribution in [3.8, 4) is 0 Å². The molecular formula is C25H34ClN3O4S. The van der Waals surface area contributed by atoms with Crippen LogP contribution >= 0.6 is 11.6 Å². The third-order valence-corrected chi connectivity index (χ3v) is 6.57. The number of halogens is 1. The monoisotopic (exact) mass is 507 g/mol. The molecule has 186 valence electrons. The predicted octanol–water partition coefficient (Wildman–Crippen LogP) is 4.14. The van der Waals surface area contributed by atoms with Crippen LogP contribution in [0.25, 0.3) is 0 Å². The molecule has 7 nitrogen and oxygen atoms in total. The topological polar surface area (TPSA) is 86.8 Å². The highest BCUT2D eigenvalue weighted by Crippen LogP contribution is 2.27. The summed E-state index contributed by atoms with van der Waals surface area (Å²) < 4.78 is 26.2. The Morgan fingerprint density at radius 2 is 1.74 bits per heavy atom. The third-order valence-electron chi connectivity index (χ3n) is 5.12. The second-order valence-corrected chi connectivity index (χ2v) is 11.7. The molecule has 0 saturated heterocycles. The van der Waals surface area contributed by atoms with Crippen LogP contribution in [0.2, 0.25) is 5.02 Å². The Bertz CT molecular complexity index is 1130. The molecule has 2 rings (SSSR count). The molecule has 0 radical (unpaired) electrons. The lowest BCUT2D eigenvalue weighted by Crippen LogP contribution is -2.55. The average Bonchev–Trinajstić information content (AvgIpc) is 2.70. The van der Waals surface area contributed by atoms with Gasteiger partial charge in [-0.3, -0.25) is 13.9 Å². The van der Waals surface area contributed by atoms with Crippen LogP contribution in [-0.2, 0) is 26.2 Å². The zero-order chi connectivity index (χ0) is 25.7. The van der Waals surface area contributed by atoms with E-state index in [1.54, 1.807) is 24.3 Å². The fourth-order valence-corrected chi connectivity index (χ4v) is 4.78. The highest BCUT2D eigenvalue weighted by Gasteiger charge is 2.33. The molecule has 0 bridgehead atoms. The standard InChI is InChI=1S/C25H34ClN3O4S/c1-7-21(24(31)27-25(3,4)5)28(16-19-12-10-11-18(2)15-19)23(30)17-29(34(6,32)33)22-14-9-8-13-20(22)26/h8-15,21H,7,16-17H2,1-6H3,(H,27,31)/t21-/m0/s1. The van der Waals surface area contributed by atoms with E-state index in [4.69, 9.17) is 11.6 Å². The zero-order valence-corrected chi connectivity index (χ0v) is 22.2. The molecule has 0 aliphatic carbocycles. The number of rotatable bonds is 9. The Morgan fingerprint density at radius 3 is 2.26 bits per heavy atom. The number of hydrogen-bond acceptors (Lipinski definition) is 4. The van der Waals surface area contributed by atoms with Crippen LogP contribution in [0.15, 0.2) is 48.5 Å². The van der Waals surface area contributed by atoms with Gasteiger partial charge in [0.05, 0.1) is 17.0 Å². The minimum absolute atomic E-state index is 0.163. The Hall–Kier alpha value is -2.58. The van der Waals surface area contributed by atoms with E-state index in [0.717, 1.165) is 21.7 Å². The molecule has 0 spiro atoms. The van der Waals surface area contributed by atoms with Gasteiger partial charge in [-0.05, 0) is 51.8 Å². The molecule has 0 aromatic heterocycles. The number of benzene rings is 2. The van der Waals surface area contributed by atoms with E-state index in [9.17, 15) is 18.0 Å². The van der Waals surface area contributed by atoms with Gasteiger partial charge in [0.1, 0.15) is 12.6 Å². The molecule has 2 aromatic carbocycles. The Labute approximate surface area is 208 Å². The zero-order valence-electron chi connectivity index (χ0n) is 20.6. The molecule has 1 atom stereocenters. The van der Waals surface area contributed by atoms with Gasteiger partial charge >= 0.3 is 0 Å². The normalized spacial score (nSPS) is 12.7. The molecule has 0 fully saturated rings. The Kier molecular flexibility index (Phi) is 9.14. The van der Waals surface area contributed by atoms with E-state index < -0.39 is 34.1 Å². The molecule has 0 heterocycles. The van der Waals surface area contributed by atoms with Crippen LogP contribution in [0.5, 0.6) is 0 Å². The summed E-state index contributed by atoms with van der Waals surface area (Å²) in [6.07, 6.45) is 1.39. The summed E-state index contributed by atoms with van der Waals surface area (Å²) in [4.78, 5) is 28.2. The number of carbonyl (C=O) groups excluding carboxylic acids is 2. The Balaban J connectivity index is 2.48. The summed E-state index contributed by atoms with van der Waals surface area (Å²) in [5.74, 6) is -0.789. The van der Waals surface area contributed by atoms with Crippen molar-refractivity contribution >= 4 is 39.1 Å². The van der Waals surface area contributed by atoms with Crippen LogP contribution in [0, 0.1) is 6.92 Å². The van der Waals surface area contributed by atoms with Crippen molar-refractivity contribution < 1.29 is 18.0 Å². The molecule has 2 aromatic rings. The van der Waals surface area contributed by atoms with Crippen molar-refractivity contribution in [1.82, 2.24) is 10.2 Å². The minimum Gasteiger partial charge on any atom is -0.350 e. The van der Waals surface area contributed by atoms with Crippen LogP contribution < -0.4 is 9.62 Å². The number of anilines is 1. The van der Waals surface area contributed by atoms with E-state index in [0.29, 0.717) is 6.42 Å². The quantitative estimate of drug-likeness (QED) is 0.552. The molecule has 0 saturated carbocycles. The number of nitrogens with one attached hydrogen (secondary N) is 1. The SMILES string of the molecule is CC[C@@H](C(=O)NC(C)(C)C)N(Cc1cccc(C)c1)C(=O)CN(c1ccccc1Cl)S(C)(=O)=O. The van der Waals surface area contributed by atoms with Crippen LogP contribution in [0.1, 0.15) is 45.2 Å². The second-order valence-electron chi connectivity index (χ2n) is 9.40. The summed E-state index contributed by atoms with van der Waals surface area (Å²) in [5, 5.41) is 3.15. The summed E-state index contributed by atoms with van der Waals surface area (Å²) in [6.45, 7) is 9.06. The smallest absolute Gasteiger partial charge is 0.244 e. The van der Waals surface area contributed by atoms with Crippen molar-refractivity contribution in [2.75, 3.05) is 17.1 Å². The maximum absolute atomic E-state index is 13.6. The lowest BCUT2D eigenvalue weighted by atomic mass is 10.0. The number of amides is 2. The summed E-state index contributed by atoms with van der Waals surface area (Å²) in [5.41, 5.74) is 1.59. The molecule has 0 aliphatic heterocycles. The average molecular weight is 508 g/mol. The first-order valence-electron chi connectivity index (χ1n) is 11.1. The van der Waals surface area contributed by atoms with E-state index in [1.807, 2.05) is 58.9 Å². The van der Waals surface area contributed by atoms with Gasteiger partial charge < -0.3 is 10.2 Å². The maximum atomic E-state index is 13.6. The first kappa shape index (κ1) is 27.7. The molecule has 9 heteroatoms. The summed E-state index contributed by atoms with van der Waals surface area (Å²) in [7, 11) is -3.83. The largest absolute Gasteiger partial charge is 0.350 e. The van der Waals surface area contributed by atoms with Crippen LogP contribution in [0.3, 0.4) is 0 Å². The number of aryl methyl sites for hydroxylation is 1. The first-order chi connectivity index (χ1) is 15.7. The van der Waals surface area contributed by atoms with Gasteiger partial charge in [-0.2, -0.15) is 0 Å². The van der Waals surface area contributed by atoms with Crippen LogP contribution in [-0.4, -0.2) is 49.5 Å². The number of hydrogen-bond donors (Lipinski definition) is 1. The predicted molar refractivity (Wildman–Crippen MR) is 137 cm³/mol. The van der Waals surface area contributed by atoms with Gasteiger partial charge in [-0.25, -0.2) is 8.42 Å². The lowest BCUT2D eigenvalue weighted by Gasteiger charge is -2.34. The minimum atomic E-state index is -3.83. The second kappa shape index (κ2) is 11.2. The molecule has 0 aliphatic rings. The summed E-state index contributed by atoms with van der Waals surface area (Å²) in [6, 6.07) is 13.3. The fourth-order valence-electron chi connectivity index (χ4n) is 3.63. The van der Waals surface area contributed by atoms with E-state index >= 15 is 0 Å². The van der Waals surface area contributed by atoms with E-state index in [1.165, 1.54) is 4.90 Å². The van der Waals surface area contributed by atoms with Crippen molar-refractivity contribution in [2.45, 2.75) is 59.2 Å². The number of carbonyl (C=O) groups is 2. The Morgan fingerprint density at radius 1 is 1.09 bits per heavy atom. The van der Waals surface area contributed by atoms with Gasteiger partial charge in [0.2, 0.25) is 21.8 Å². The lowest BCUT2D eigenvalue weighted by molar-refractivity contribution is -0.141. The number of sulfonamides is 1. The fraction of sp³-hybridized carbons (Fsp3) is 0.440. The van der Waals surface area contributed by atoms with Crippen molar-refractivity contribution in [2.24, 2.45) is 0 Å².